The molecule has 0 atom stereocenters. The predicted octanol–water partition coefficient (Wildman–Crippen LogP) is 1.21. The van der Waals surface area contributed by atoms with Crippen LogP contribution in [0.25, 0.3) is 10.9 Å². The Morgan fingerprint density at radius 3 is 2.85 bits per heavy atom. The molecule has 0 saturated carbocycles. The van der Waals surface area contributed by atoms with Gasteiger partial charge in [0.25, 0.3) is 5.91 Å². The largest absolute Gasteiger partial charge is 0.342 e. The molecule has 106 valence electrons. The SMILES string of the molecule is CNCCCN(C)C(=O)c1cc(=O)[nH]c2ccccc12. The highest BCUT2D eigenvalue weighted by Gasteiger charge is 2.15. The molecule has 0 bridgehead atoms. The highest BCUT2D eigenvalue weighted by Crippen LogP contribution is 2.16. The maximum atomic E-state index is 12.5. The molecule has 5 heteroatoms. The van der Waals surface area contributed by atoms with E-state index in [1.54, 1.807) is 18.0 Å². The lowest BCUT2D eigenvalue weighted by atomic mass is 10.1. The van der Waals surface area contributed by atoms with Gasteiger partial charge in [0.15, 0.2) is 0 Å². The molecular weight excluding hydrogens is 254 g/mol. The summed E-state index contributed by atoms with van der Waals surface area (Å²) < 4.78 is 0. The van der Waals surface area contributed by atoms with Crippen LogP contribution in [0.4, 0.5) is 0 Å². The summed E-state index contributed by atoms with van der Waals surface area (Å²) in [5.74, 6) is -0.122. The number of pyridine rings is 1. The van der Waals surface area contributed by atoms with Crippen molar-refractivity contribution in [3.8, 4) is 0 Å². The summed E-state index contributed by atoms with van der Waals surface area (Å²) in [6.45, 7) is 1.51. The first kappa shape index (κ1) is 14.3. The number of hydrogen-bond acceptors (Lipinski definition) is 3. The number of carbonyl (C=O) groups is 1. The third-order valence-electron chi connectivity index (χ3n) is 3.25. The van der Waals surface area contributed by atoms with Crippen LogP contribution >= 0.6 is 0 Å². The first-order chi connectivity index (χ1) is 9.63. The molecule has 1 aromatic heterocycles. The molecule has 0 saturated heterocycles. The number of fused-ring (bicyclic) bond motifs is 1. The Hall–Kier alpha value is -2.14. The first-order valence-corrected chi connectivity index (χ1v) is 6.65. The number of H-pyrrole nitrogens is 1. The van der Waals surface area contributed by atoms with E-state index in [-0.39, 0.29) is 11.5 Å². The quantitative estimate of drug-likeness (QED) is 0.805. The third kappa shape index (κ3) is 3.05. The predicted molar refractivity (Wildman–Crippen MR) is 80.1 cm³/mol. The summed E-state index contributed by atoms with van der Waals surface area (Å²) in [7, 11) is 3.64. The number of carbonyl (C=O) groups excluding carboxylic acids is 1. The van der Waals surface area contributed by atoms with Crippen LogP contribution in [0.15, 0.2) is 35.1 Å². The maximum absolute atomic E-state index is 12.5. The van der Waals surface area contributed by atoms with Crippen LogP contribution in [0, 0.1) is 0 Å². The Labute approximate surface area is 117 Å². The van der Waals surface area contributed by atoms with E-state index in [0.717, 1.165) is 18.4 Å². The molecule has 0 unspecified atom stereocenters. The summed E-state index contributed by atoms with van der Waals surface area (Å²) in [5, 5.41) is 3.82. The summed E-state index contributed by atoms with van der Waals surface area (Å²) in [5.41, 5.74) is 0.888. The molecule has 1 aromatic carbocycles. The van der Waals surface area contributed by atoms with Crippen LogP contribution in [0.5, 0.6) is 0 Å². The van der Waals surface area contributed by atoms with Gasteiger partial charge in [0.1, 0.15) is 0 Å². The molecule has 0 spiro atoms. The molecule has 2 rings (SSSR count). The van der Waals surface area contributed by atoms with Crippen molar-refractivity contribution in [3.63, 3.8) is 0 Å². The Bertz CT molecular complexity index is 663. The summed E-state index contributed by atoms with van der Waals surface area (Å²) in [4.78, 5) is 28.5. The monoisotopic (exact) mass is 273 g/mol. The summed E-state index contributed by atoms with van der Waals surface area (Å²) >= 11 is 0. The molecule has 0 radical (unpaired) electrons. The lowest BCUT2D eigenvalue weighted by Gasteiger charge is -2.18. The molecule has 1 heterocycles. The van der Waals surface area contributed by atoms with Gasteiger partial charge < -0.3 is 15.2 Å². The molecule has 0 aliphatic rings. The minimum atomic E-state index is -0.254. The number of nitrogens with zero attached hydrogens (tertiary/aromatic N) is 1. The van der Waals surface area contributed by atoms with Crippen molar-refractivity contribution >= 4 is 16.8 Å². The van der Waals surface area contributed by atoms with Gasteiger partial charge in [0.05, 0.1) is 5.56 Å². The van der Waals surface area contributed by atoms with Gasteiger partial charge in [-0.05, 0) is 26.1 Å². The van der Waals surface area contributed by atoms with Crippen LogP contribution in [0.2, 0.25) is 0 Å². The van der Waals surface area contributed by atoms with E-state index in [0.29, 0.717) is 17.6 Å². The summed E-state index contributed by atoms with van der Waals surface area (Å²) in [6.07, 6.45) is 0.875. The maximum Gasteiger partial charge on any atom is 0.254 e. The molecule has 0 aliphatic heterocycles. The molecule has 5 nitrogen and oxygen atoms in total. The van der Waals surface area contributed by atoms with Crippen molar-refractivity contribution in [1.29, 1.82) is 0 Å². The van der Waals surface area contributed by atoms with Crippen LogP contribution < -0.4 is 10.9 Å². The van der Waals surface area contributed by atoms with Crippen molar-refractivity contribution < 1.29 is 4.79 Å². The van der Waals surface area contributed by atoms with E-state index in [4.69, 9.17) is 0 Å². The van der Waals surface area contributed by atoms with Crippen LogP contribution in [-0.2, 0) is 0 Å². The number of benzene rings is 1. The Balaban J connectivity index is 2.32. The van der Waals surface area contributed by atoms with E-state index in [1.807, 2.05) is 25.2 Å². The number of aromatic amines is 1. The average molecular weight is 273 g/mol. The molecule has 1 amide bonds. The van der Waals surface area contributed by atoms with Crippen molar-refractivity contribution in [1.82, 2.24) is 15.2 Å². The van der Waals surface area contributed by atoms with Gasteiger partial charge in [-0.25, -0.2) is 0 Å². The molecule has 2 N–H and O–H groups in total. The van der Waals surface area contributed by atoms with E-state index in [9.17, 15) is 9.59 Å². The van der Waals surface area contributed by atoms with Gasteiger partial charge in [-0.2, -0.15) is 0 Å². The molecule has 20 heavy (non-hydrogen) atoms. The van der Waals surface area contributed by atoms with Crippen LogP contribution in [0.3, 0.4) is 0 Å². The number of aromatic nitrogens is 1. The van der Waals surface area contributed by atoms with Gasteiger partial charge in [0, 0.05) is 30.6 Å². The summed E-state index contributed by atoms with van der Waals surface area (Å²) in [6, 6.07) is 8.72. The second-order valence-corrected chi connectivity index (χ2v) is 4.78. The van der Waals surface area contributed by atoms with Crippen molar-refractivity contribution in [2.75, 3.05) is 27.2 Å². The highest BCUT2D eigenvalue weighted by atomic mass is 16.2. The second kappa shape index (κ2) is 6.34. The van der Waals surface area contributed by atoms with Gasteiger partial charge in [0.2, 0.25) is 5.56 Å². The molecule has 2 aromatic rings. The smallest absolute Gasteiger partial charge is 0.254 e. The topological polar surface area (TPSA) is 65.2 Å². The Morgan fingerprint density at radius 2 is 2.10 bits per heavy atom. The molecular formula is C15H19N3O2. The Morgan fingerprint density at radius 1 is 1.35 bits per heavy atom. The third-order valence-corrected chi connectivity index (χ3v) is 3.25. The Kier molecular flexibility index (Phi) is 4.53. The highest BCUT2D eigenvalue weighted by molar-refractivity contribution is 6.05. The van der Waals surface area contributed by atoms with Gasteiger partial charge in [-0.3, -0.25) is 9.59 Å². The minimum Gasteiger partial charge on any atom is -0.342 e. The van der Waals surface area contributed by atoms with Crippen molar-refractivity contribution in [2.45, 2.75) is 6.42 Å². The standard InChI is InChI=1S/C15H19N3O2/c1-16-8-5-9-18(2)15(20)12-10-14(19)17-13-7-4-3-6-11(12)13/h3-4,6-7,10,16H,5,8-9H2,1-2H3,(H,17,19). The number of nitrogens with one attached hydrogen (secondary N) is 2. The van der Waals surface area contributed by atoms with E-state index in [1.165, 1.54) is 6.07 Å². The van der Waals surface area contributed by atoms with Crippen LogP contribution in [-0.4, -0.2) is 43.0 Å². The van der Waals surface area contributed by atoms with Gasteiger partial charge in [-0.1, -0.05) is 18.2 Å². The number of para-hydroxylation sites is 1. The van der Waals surface area contributed by atoms with E-state index >= 15 is 0 Å². The van der Waals surface area contributed by atoms with E-state index < -0.39 is 0 Å². The fourth-order valence-corrected chi connectivity index (χ4v) is 2.18. The zero-order valence-corrected chi connectivity index (χ0v) is 11.8. The fraction of sp³-hybridized carbons (Fsp3) is 0.333. The van der Waals surface area contributed by atoms with Gasteiger partial charge in [-0.15, -0.1) is 0 Å². The first-order valence-electron chi connectivity index (χ1n) is 6.65. The van der Waals surface area contributed by atoms with Gasteiger partial charge >= 0.3 is 0 Å². The average Bonchev–Trinajstić information content (AvgIpc) is 2.45. The number of hydrogen-bond donors (Lipinski definition) is 2. The number of rotatable bonds is 5. The van der Waals surface area contributed by atoms with Crippen molar-refractivity contribution in [3.05, 3.63) is 46.2 Å². The normalized spacial score (nSPS) is 10.7. The second-order valence-electron chi connectivity index (χ2n) is 4.78. The zero-order valence-electron chi connectivity index (χ0n) is 11.8. The zero-order chi connectivity index (χ0) is 14.5. The lowest BCUT2D eigenvalue weighted by Crippen LogP contribution is -2.30. The van der Waals surface area contributed by atoms with Crippen LogP contribution in [0.1, 0.15) is 16.8 Å². The molecule has 0 aliphatic carbocycles. The number of amides is 1. The fourth-order valence-electron chi connectivity index (χ4n) is 2.18. The van der Waals surface area contributed by atoms with Crippen molar-refractivity contribution in [2.24, 2.45) is 0 Å². The van der Waals surface area contributed by atoms with E-state index in [2.05, 4.69) is 10.3 Å². The molecule has 0 fully saturated rings. The minimum absolute atomic E-state index is 0.122. The lowest BCUT2D eigenvalue weighted by molar-refractivity contribution is 0.0795.